The number of likely N-dealkylation sites (tertiary alicyclic amines) is 2. The van der Waals surface area contributed by atoms with E-state index in [0.717, 1.165) is 13.0 Å². The van der Waals surface area contributed by atoms with E-state index in [-0.39, 0.29) is 23.9 Å². The first-order valence-corrected chi connectivity index (χ1v) is 6.77. The molecule has 19 heavy (non-hydrogen) atoms. The van der Waals surface area contributed by atoms with Gasteiger partial charge in [-0.15, -0.1) is 0 Å². The van der Waals surface area contributed by atoms with E-state index < -0.39 is 0 Å². The average molecular weight is 269 g/mol. The van der Waals surface area contributed by atoms with Crippen molar-refractivity contribution in [2.75, 3.05) is 47.4 Å². The van der Waals surface area contributed by atoms with Gasteiger partial charge < -0.3 is 19.4 Å². The van der Waals surface area contributed by atoms with E-state index in [1.165, 1.54) is 0 Å². The maximum atomic E-state index is 12.2. The number of fused-ring (bicyclic) bond motifs is 1. The molecule has 2 heterocycles. The fourth-order valence-corrected chi connectivity index (χ4v) is 3.08. The van der Waals surface area contributed by atoms with Gasteiger partial charge in [-0.05, 0) is 20.5 Å². The van der Waals surface area contributed by atoms with Gasteiger partial charge in [0.2, 0.25) is 11.8 Å². The van der Waals surface area contributed by atoms with Crippen molar-refractivity contribution in [3.63, 3.8) is 0 Å². The van der Waals surface area contributed by atoms with Crippen LogP contribution in [0.5, 0.6) is 0 Å². The molecular weight excluding hydrogens is 246 g/mol. The maximum absolute atomic E-state index is 12.2. The minimum absolute atomic E-state index is 0.0665. The van der Waals surface area contributed by atoms with E-state index in [1.54, 1.807) is 7.11 Å². The molecule has 0 aromatic heterocycles. The molecule has 2 rings (SSSR count). The molecule has 6 nitrogen and oxygen atoms in total. The van der Waals surface area contributed by atoms with Crippen molar-refractivity contribution >= 4 is 11.8 Å². The summed E-state index contributed by atoms with van der Waals surface area (Å²) in [7, 11) is 5.41. The van der Waals surface area contributed by atoms with Crippen molar-refractivity contribution in [3.8, 4) is 0 Å². The molecule has 0 radical (unpaired) electrons. The summed E-state index contributed by atoms with van der Waals surface area (Å²) in [6, 6.07) is 0.255. The Morgan fingerprint density at radius 2 is 2.16 bits per heavy atom. The zero-order chi connectivity index (χ0) is 14.0. The summed E-state index contributed by atoms with van der Waals surface area (Å²) >= 11 is 0. The van der Waals surface area contributed by atoms with E-state index in [1.807, 2.05) is 28.8 Å². The Hall–Kier alpha value is -1.14. The number of hydrogen-bond donors (Lipinski definition) is 0. The molecule has 0 aromatic rings. The van der Waals surface area contributed by atoms with E-state index in [9.17, 15) is 9.59 Å². The van der Waals surface area contributed by atoms with E-state index >= 15 is 0 Å². The van der Waals surface area contributed by atoms with E-state index in [4.69, 9.17) is 4.74 Å². The van der Waals surface area contributed by atoms with Crippen LogP contribution in [0.4, 0.5) is 0 Å². The third-order valence-corrected chi connectivity index (χ3v) is 3.92. The number of hydrogen-bond acceptors (Lipinski definition) is 4. The van der Waals surface area contributed by atoms with Crippen molar-refractivity contribution < 1.29 is 14.3 Å². The van der Waals surface area contributed by atoms with Gasteiger partial charge in [-0.2, -0.15) is 0 Å². The number of carbonyl (C=O) groups is 2. The summed E-state index contributed by atoms with van der Waals surface area (Å²) in [5, 5.41) is 0. The zero-order valence-corrected chi connectivity index (χ0v) is 12.0. The quantitative estimate of drug-likeness (QED) is 0.668. The summed E-state index contributed by atoms with van der Waals surface area (Å²) < 4.78 is 5.05. The van der Waals surface area contributed by atoms with Gasteiger partial charge in [0.25, 0.3) is 0 Å². The standard InChI is InChI=1S/C13H23N3O3/c1-14(2)9-13(18)15-5-4-10-11(15)8-12(17)16(10)6-7-19-3/h10-11H,4-9H2,1-3H3/t10-,11-/m1/s1. The Kier molecular flexibility index (Phi) is 4.42. The van der Waals surface area contributed by atoms with Gasteiger partial charge in [0, 0.05) is 26.6 Å². The minimum Gasteiger partial charge on any atom is -0.383 e. The minimum atomic E-state index is 0.0665. The summed E-state index contributed by atoms with van der Waals surface area (Å²) in [6.45, 7) is 2.36. The number of nitrogens with zero attached hydrogens (tertiary/aromatic N) is 3. The van der Waals surface area contributed by atoms with Gasteiger partial charge in [0.15, 0.2) is 0 Å². The van der Waals surface area contributed by atoms with Gasteiger partial charge in [-0.3, -0.25) is 9.59 Å². The normalized spacial score (nSPS) is 26.4. The summed E-state index contributed by atoms with van der Waals surface area (Å²) in [5.74, 6) is 0.272. The SMILES string of the molecule is COCCN1C(=O)C[C@@H]2[C@H]1CCN2C(=O)CN(C)C. The molecule has 108 valence electrons. The highest BCUT2D eigenvalue weighted by molar-refractivity contribution is 5.84. The van der Waals surface area contributed by atoms with Crippen molar-refractivity contribution in [2.45, 2.75) is 24.9 Å². The van der Waals surface area contributed by atoms with Crippen LogP contribution in [0.15, 0.2) is 0 Å². The van der Waals surface area contributed by atoms with Crippen LogP contribution in [0.3, 0.4) is 0 Å². The van der Waals surface area contributed by atoms with Gasteiger partial charge in [0.1, 0.15) is 0 Å². The number of rotatable bonds is 5. The van der Waals surface area contributed by atoms with E-state index in [0.29, 0.717) is 26.1 Å². The third-order valence-electron chi connectivity index (χ3n) is 3.92. The van der Waals surface area contributed by atoms with Crippen LogP contribution in [0.1, 0.15) is 12.8 Å². The van der Waals surface area contributed by atoms with Gasteiger partial charge in [-0.1, -0.05) is 0 Å². The summed E-state index contributed by atoms with van der Waals surface area (Å²) in [6.07, 6.45) is 1.35. The highest BCUT2D eigenvalue weighted by Crippen LogP contribution is 2.32. The largest absolute Gasteiger partial charge is 0.383 e. The van der Waals surface area contributed by atoms with Crippen molar-refractivity contribution in [2.24, 2.45) is 0 Å². The number of carbonyl (C=O) groups excluding carboxylic acids is 2. The van der Waals surface area contributed by atoms with Crippen molar-refractivity contribution in [3.05, 3.63) is 0 Å². The fraction of sp³-hybridized carbons (Fsp3) is 0.846. The number of ether oxygens (including phenoxy) is 1. The Morgan fingerprint density at radius 1 is 1.42 bits per heavy atom. The second-order valence-corrected chi connectivity index (χ2v) is 5.53. The first-order valence-electron chi connectivity index (χ1n) is 6.77. The smallest absolute Gasteiger partial charge is 0.237 e. The Labute approximate surface area is 114 Å². The van der Waals surface area contributed by atoms with Gasteiger partial charge >= 0.3 is 0 Å². The third kappa shape index (κ3) is 2.90. The van der Waals surface area contributed by atoms with Crippen LogP contribution < -0.4 is 0 Å². The molecule has 2 fully saturated rings. The topological polar surface area (TPSA) is 53.1 Å². The molecule has 6 heteroatoms. The van der Waals surface area contributed by atoms with Crippen molar-refractivity contribution in [1.29, 1.82) is 0 Å². The molecule has 0 saturated carbocycles. The van der Waals surface area contributed by atoms with Crippen LogP contribution >= 0.6 is 0 Å². The summed E-state index contributed by atoms with van der Waals surface area (Å²) in [5.41, 5.74) is 0. The van der Waals surface area contributed by atoms with Crippen LogP contribution in [-0.2, 0) is 14.3 Å². The highest BCUT2D eigenvalue weighted by Gasteiger charge is 2.47. The predicted octanol–water partition coefficient (Wildman–Crippen LogP) is -0.604. The van der Waals surface area contributed by atoms with Crippen LogP contribution in [-0.4, -0.2) is 86.0 Å². The molecule has 0 N–H and O–H groups in total. The average Bonchev–Trinajstić information content (AvgIpc) is 2.84. The van der Waals surface area contributed by atoms with Gasteiger partial charge in [-0.25, -0.2) is 0 Å². The highest BCUT2D eigenvalue weighted by atomic mass is 16.5. The molecule has 0 bridgehead atoms. The second-order valence-electron chi connectivity index (χ2n) is 5.53. The molecule has 2 atom stereocenters. The maximum Gasteiger partial charge on any atom is 0.237 e. The Bertz CT molecular complexity index is 359. The molecule has 2 aliphatic heterocycles. The zero-order valence-electron chi connectivity index (χ0n) is 12.0. The van der Waals surface area contributed by atoms with Gasteiger partial charge in [0.05, 0.1) is 25.2 Å². The molecule has 0 unspecified atom stereocenters. The molecule has 2 saturated heterocycles. The second kappa shape index (κ2) is 5.88. The molecule has 2 aliphatic rings. The van der Waals surface area contributed by atoms with Crippen LogP contribution in [0, 0.1) is 0 Å². The lowest BCUT2D eigenvalue weighted by atomic mass is 10.1. The van der Waals surface area contributed by atoms with E-state index in [2.05, 4.69) is 0 Å². The monoisotopic (exact) mass is 269 g/mol. The molecule has 0 aliphatic carbocycles. The molecular formula is C13H23N3O3. The lowest BCUT2D eigenvalue weighted by molar-refractivity contribution is -0.132. The molecule has 0 spiro atoms. The molecule has 0 aromatic carbocycles. The first-order chi connectivity index (χ1) is 9.04. The lowest BCUT2D eigenvalue weighted by Gasteiger charge is -2.26. The Morgan fingerprint density at radius 3 is 2.79 bits per heavy atom. The number of amides is 2. The summed E-state index contributed by atoms with van der Waals surface area (Å²) in [4.78, 5) is 29.8. The fourth-order valence-electron chi connectivity index (χ4n) is 3.08. The number of likely N-dealkylation sites (N-methyl/N-ethyl adjacent to an activating group) is 1. The van der Waals surface area contributed by atoms with Crippen LogP contribution in [0.25, 0.3) is 0 Å². The first kappa shape index (κ1) is 14.3. The molecule has 2 amide bonds. The van der Waals surface area contributed by atoms with Crippen molar-refractivity contribution in [1.82, 2.24) is 14.7 Å². The van der Waals surface area contributed by atoms with Crippen LogP contribution in [0.2, 0.25) is 0 Å². The Balaban J connectivity index is 1.99. The lowest BCUT2D eigenvalue weighted by Crippen LogP contribution is -2.43. The predicted molar refractivity (Wildman–Crippen MR) is 70.7 cm³/mol. The number of methoxy groups -OCH3 is 1.